The van der Waals surface area contributed by atoms with E-state index in [1.165, 1.54) is 12.8 Å². The summed E-state index contributed by atoms with van der Waals surface area (Å²) in [6.07, 6.45) is 4.54. The molecule has 2 aromatic rings. The summed E-state index contributed by atoms with van der Waals surface area (Å²) < 4.78 is 0. The summed E-state index contributed by atoms with van der Waals surface area (Å²) in [5.41, 5.74) is 0. The van der Waals surface area contributed by atoms with Gasteiger partial charge in [0.2, 0.25) is 5.91 Å². The zero-order valence-electron chi connectivity index (χ0n) is 13.7. The molecule has 0 spiro atoms. The van der Waals surface area contributed by atoms with Crippen molar-refractivity contribution < 1.29 is 4.79 Å². The van der Waals surface area contributed by atoms with Crippen LogP contribution in [0.15, 0.2) is 30.3 Å². The molecule has 2 heterocycles. The van der Waals surface area contributed by atoms with E-state index >= 15 is 0 Å². The van der Waals surface area contributed by atoms with Crippen molar-refractivity contribution in [3.05, 3.63) is 35.5 Å². The Morgan fingerprint density at radius 1 is 1.08 bits per heavy atom. The first kappa shape index (κ1) is 15.7. The van der Waals surface area contributed by atoms with Crippen LogP contribution in [-0.4, -0.2) is 42.0 Å². The Labute approximate surface area is 147 Å². The second kappa shape index (κ2) is 6.60. The highest BCUT2D eigenvalue weighted by molar-refractivity contribution is 6.30. The Balaban J connectivity index is 1.51. The fourth-order valence-electron chi connectivity index (χ4n) is 3.96. The minimum absolute atomic E-state index is 0.265. The van der Waals surface area contributed by atoms with Crippen molar-refractivity contribution in [3.8, 4) is 0 Å². The van der Waals surface area contributed by atoms with Crippen LogP contribution in [-0.2, 0) is 4.79 Å². The number of halogens is 1. The number of fused-ring (bicyclic) bond motifs is 1. The lowest BCUT2D eigenvalue weighted by Gasteiger charge is -2.37. The highest BCUT2D eigenvalue weighted by Gasteiger charge is 2.30. The molecule has 1 aliphatic heterocycles. The van der Waals surface area contributed by atoms with E-state index in [-0.39, 0.29) is 5.92 Å². The van der Waals surface area contributed by atoms with E-state index in [0.717, 1.165) is 55.6 Å². The summed E-state index contributed by atoms with van der Waals surface area (Å²) >= 11 is 6.21. The molecule has 0 N–H and O–H groups in total. The molecule has 1 saturated heterocycles. The van der Waals surface area contributed by atoms with Crippen LogP contribution in [0.3, 0.4) is 0 Å². The molecule has 1 aromatic carbocycles. The highest BCUT2D eigenvalue weighted by Crippen LogP contribution is 2.30. The summed E-state index contributed by atoms with van der Waals surface area (Å²) in [6.45, 7) is 3.18. The zero-order chi connectivity index (χ0) is 16.5. The molecule has 4 nitrogen and oxygen atoms in total. The minimum Gasteiger partial charge on any atom is -0.353 e. The van der Waals surface area contributed by atoms with E-state index in [1.807, 2.05) is 23.1 Å². The fraction of sp³-hybridized carbons (Fsp3) is 0.474. The number of amides is 1. The van der Waals surface area contributed by atoms with Crippen molar-refractivity contribution in [3.63, 3.8) is 0 Å². The molecule has 2 fully saturated rings. The Hall–Kier alpha value is -1.81. The average Bonchev–Trinajstić information content (AvgIpc) is 3.15. The minimum atomic E-state index is 0.265. The van der Waals surface area contributed by atoms with Gasteiger partial charge in [-0.1, -0.05) is 48.7 Å². The third-order valence-corrected chi connectivity index (χ3v) is 5.48. The van der Waals surface area contributed by atoms with Gasteiger partial charge in [-0.25, -0.2) is 4.98 Å². The van der Waals surface area contributed by atoms with Crippen molar-refractivity contribution >= 4 is 34.1 Å². The number of nitrogens with zero attached hydrogens (tertiary/aromatic N) is 3. The number of anilines is 1. The van der Waals surface area contributed by atoms with Crippen molar-refractivity contribution in [1.82, 2.24) is 9.88 Å². The van der Waals surface area contributed by atoms with Gasteiger partial charge in [-0.05, 0) is 24.3 Å². The molecule has 4 rings (SSSR count). The molecule has 0 unspecified atom stereocenters. The van der Waals surface area contributed by atoms with Gasteiger partial charge in [0, 0.05) is 37.5 Å². The number of carbonyl (C=O) groups is 1. The monoisotopic (exact) mass is 343 g/mol. The number of carbonyl (C=O) groups excluding carboxylic acids is 1. The van der Waals surface area contributed by atoms with Crippen LogP contribution in [0.2, 0.25) is 5.15 Å². The van der Waals surface area contributed by atoms with E-state index in [9.17, 15) is 4.79 Å². The van der Waals surface area contributed by atoms with Gasteiger partial charge in [0.25, 0.3) is 0 Å². The maximum Gasteiger partial charge on any atom is 0.225 e. The topological polar surface area (TPSA) is 36.4 Å². The number of benzene rings is 1. The fourth-order valence-corrected chi connectivity index (χ4v) is 4.16. The van der Waals surface area contributed by atoms with Gasteiger partial charge in [0.15, 0.2) is 0 Å². The lowest BCUT2D eigenvalue weighted by atomic mass is 10.1. The van der Waals surface area contributed by atoms with Gasteiger partial charge in [-0.15, -0.1) is 0 Å². The summed E-state index contributed by atoms with van der Waals surface area (Å²) in [7, 11) is 0. The number of rotatable bonds is 2. The lowest BCUT2D eigenvalue weighted by molar-refractivity contribution is -0.135. The van der Waals surface area contributed by atoms with Gasteiger partial charge in [-0.3, -0.25) is 4.79 Å². The molecular formula is C19H22ClN3O. The molecule has 0 atom stereocenters. The molecule has 5 heteroatoms. The molecule has 2 aliphatic rings. The Morgan fingerprint density at radius 2 is 1.79 bits per heavy atom. The second-order valence-electron chi connectivity index (χ2n) is 6.78. The molecule has 24 heavy (non-hydrogen) atoms. The number of pyridine rings is 1. The second-order valence-corrected chi connectivity index (χ2v) is 7.17. The van der Waals surface area contributed by atoms with Gasteiger partial charge in [0.05, 0.1) is 0 Å². The predicted octanol–water partition coefficient (Wildman–Crippen LogP) is 3.73. The summed E-state index contributed by atoms with van der Waals surface area (Å²) in [5.74, 6) is 1.56. The Morgan fingerprint density at radius 3 is 2.54 bits per heavy atom. The van der Waals surface area contributed by atoms with Crippen LogP contribution >= 0.6 is 11.6 Å². The molecule has 126 valence electrons. The molecule has 1 aliphatic carbocycles. The third kappa shape index (κ3) is 2.95. The highest BCUT2D eigenvalue weighted by atomic mass is 35.5. The number of hydrogen-bond donors (Lipinski definition) is 0. The molecule has 0 radical (unpaired) electrons. The van der Waals surface area contributed by atoms with Gasteiger partial charge >= 0.3 is 0 Å². The zero-order valence-corrected chi connectivity index (χ0v) is 14.5. The maximum atomic E-state index is 12.6. The van der Waals surface area contributed by atoms with Crippen LogP contribution in [0, 0.1) is 5.92 Å². The van der Waals surface area contributed by atoms with Crippen molar-refractivity contribution in [2.45, 2.75) is 25.7 Å². The van der Waals surface area contributed by atoms with Crippen LogP contribution in [0.4, 0.5) is 5.82 Å². The van der Waals surface area contributed by atoms with E-state index < -0.39 is 0 Å². The van der Waals surface area contributed by atoms with Crippen molar-refractivity contribution in [1.29, 1.82) is 0 Å². The molecule has 1 amide bonds. The number of aromatic nitrogens is 1. The first-order chi connectivity index (χ1) is 11.7. The van der Waals surface area contributed by atoms with Gasteiger partial charge in [-0.2, -0.15) is 0 Å². The Kier molecular flexibility index (Phi) is 4.31. The molecule has 0 bridgehead atoms. The smallest absolute Gasteiger partial charge is 0.225 e. The van der Waals surface area contributed by atoms with Crippen LogP contribution < -0.4 is 4.90 Å². The SMILES string of the molecule is O=C(C1CCCC1)N1CCN(c2nc(Cl)cc3ccccc23)CC1. The molecule has 1 saturated carbocycles. The summed E-state index contributed by atoms with van der Waals surface area (Å²) in [5, 5.41) is 2.75. The van der Waals surface area contributed by atoms with E-state index in [1.54, 1.807) is 0 Å². The summed E-state index contributed by atoms with van der Waals surface area (Å²) in [6, 6.07) is 10.1. The first-order valence-electron chi connectivity index (χ1n) is 8.81. The molecule has 1 aromatic heterocycles. The number of piperazine rings is 1. The maximum absolute atomic E-state index is 12.6. The average molecular weight is 344 g/mol. The van der Waals surface area contributed by atoms with E-state index in [2.05, 4.69) is 22.0 Å². The molecular weight excluding hydrogens is 322 g/mol. The summed E-state index contributed by atoms with van der Waals surface area (Å²) in [4.78, 5) is 21.4. The van der Waals surface area contributed by atoms with Crippen LogP contribution in [0.1, 0.15) is 25.7 Å². The lowest BCUT2D eigenvalue weighted by Crippen LogP contribution is -2.50. The van der Waals surface area contributed by atoms with E-state index in [0.29, 0.717) is 11.1 Å². The number of hydrogen-bond acceptors (Lipinski definition) is 3. The predicted molar refractivity (Wildman–Crippen MR) is 97.5 cm³/mol. The van der Waals surface area contributed by atoms with Crippen LogP contribution in [0.5, 0.6) is 0 Å². The van der Waals surface area contributed by atoms with Crippen molar-refractivity contribution in [2.75, 3.05) is 31.1 Å². The first-order valence-corrected chi connectivity index (χ1v) is 9.19. The van der Waals surface area contributed by atoms with Crippen LogP contribution in [0.25, 0.3) is 10.8 Å². The van der Waals surface area contributed by atoms with Gasteiger partial charge in [0.1, 0.15) is 11.0 Å². The Bertz CT molecular complexity index is 749. The quantitative estimate of drug-likeness (QED) is 0.780. The van der Waals surface area contributed by atoms with Crippen molar-refractivity contribution in [2.24, 2.45) is 5.92 Å². The van der Waals surface area contributed by atoms with Gasteiger partial charge < -0.3 is 9.80 Å². The van der Waals surface area contributed by atoms with E-state index in [4.69, 9.17) is 11.6 Å². The largest absolute Gasteiger partial charge is 0.353 e. The standard InChI is InChI=1S/C19H22ClN3O/c20-17-13-15-7-3-4-8-16(15)18(21-17)22-9-11-23(12-10-22)19(24)14-5-1-2-6-14/h3-4,7-8,13-14H,1-2,5-6,9-12H2. The third-order valence-electron chi connectivity index (χ3n) is 5.28. The normalized spacial score (nSPS) is 19.2.